The largest absolute Gasteiger partial charge is 0.382 e. The first-order valence-electron chi connectivity index (χ1n) is 11.9. The fourth-order valence-corrected chi connectivity index (χ4v) is 5.65. The number of piperidine rings is 1. The Kier molecular flexibility index (Phi) is 8.42. The zero-order valence-corrected chi connectivity index (χ0v) is 22.8. The minimum absolute atomic E-state index is 0.100. The van der Waals surface area contributed by atoms with Crippen LogP contribution in [0.25, 0.3) is 16.9 Å². The van der Waals surface area contributed by atoms with Crippen LogP contribution in [0, 0.1) is 12.7 Å². The van der Waals surface area contributed by atoms with Crippen molar-refractivity contribution < 1.29 is 21.8 Å². The van der Waals surface area contributed by atoms with Gasteiger partial charge in [-0.05, 0) is 62.6 Å². The Balaban J connectivity index is 1.77. The van der Waals surface area contributed by atoms with E-state index in [2.05, 4.69) is 10.5 Å². The number of amides is 1. The minimum Gasteiger partial charge on any atom is -0.382 e. The summed E-state index contributed by atoms with van der Waals surface area (Å²) in [6.45, 7) is 4.97. The lowest BCUT2D eigenvalue weighted by molar-refractivity contribution is 0.0743. The molecule has 0 radical (unpaired) electrons. The maximum atomic E-state index is 14.6. The van der Waals surface area contributed by atoms with E-state index in [4.69, 9.17) is 27.4 Å². The van der Waals surface area contributed by atoms with Gasteiger partial charge in [0.1, 0.15) is 10.8 Å². The van der Waals surface area contributed by atoms with Gasteiger partial charge in [0.25, 0.3) is 5.91 Å². The molecule has 1 N–H and O–H groups in total. The van der Waals surface area contributed by atoms with Crippen LogP contribution in [0.3, 0.4) is 0 Å². The maximum Gasteiger partial charge on any atom is 0.309 e. The molecule has 0 bridgehead atoms. The Morgan fingerprint density at radius 3 is 2.43 bits per heavy atom. The number of hydrazine groups is 1. The van der Waals surface area contributed by atoms with Crippen LogP contribution in [-0.4, -0.2) is 48.0 Å². The molecule has 2 aromatic carbocycles. The summed E-state index contributed by atoms with van der Waals surface area (Å²) in [7, 11) is -3.70. The van der Waals surface area contributed by atoms with Crippen molar-refractivity contribution in [3.63, 3.8) is 0 Å². The van der Waals surface area contributed by atoms with Crippen molar-refractivity contribution in [2.24, 2.45) is 0 Å². The summed E-state index contributed by atoms with van der Waals surface area (Å²) in [5.74, 6) is -1.14. The molecule has 1 fully saturated rings. The molecule has 1 amide bonds. The van der Waals surface area contributed by atoms with E-state index in [0.717, 1.165) is 32.4 Å². The van der Waals surface area contributed by atoms with Crippen molar-refractivity contribution in [3.05, 3.63) is 63.5 Å². The highest BCUT2D eigenvalue weighted by Gasteiger charge is 2.26. The number of hydrogen-bond donors (Lipinski definition) is 1. The third kappa shape index (κ3) is 6.09. The van der Waals surface area contributed by atoms with E-state index in [0.29, 0.717) is 23.2 Å². The second kappa shape index (κ2) is 11.4. The summed E-state index contributed by atoms with van der Waals surface area (Å²) < 4.78 is 45.2. The second-order valence-electron chi connectivity index (χ2n) is 8.79. The molecule has 2 heterocycles. The van der Waals surface area contributed by atoms with Crippen LogP contribution >= 0.6 is 23.2 Å². The quantitative estimate of drug-likeness (QED) is 0.283. The molecule has 1 aliphatic rings. The number of nitrogens with zero attached hydrogens (tertiary/aromatic N) is 3. The number of rotatable bonds is 8. The van der Waals surface area contributed by atoms with Gasteiger partial charge >= 0.3 is 10.1 Å². The van der Waals surface area contributed by atoms with Crippen LogP contribution in [0.1, 0.15) is 48.7 Å². The van der Waals surface area contributed by atoms with E-state index in [-0.39, 0.29) is 32.9 Å². The highest BCUT2D eigenvalue weighted by molar-refractivity contribution is 7.87. The summed E-state index contributed by atoms with van der Waals surface area (Å²) in [5, 5.41) is 5.99. The molecule has 0 spiro atoms. The Bertz CT molecular complexity index is 1410. The first kappa shape index (κ1) is 27.4. The highest BCUT2D eigenvalue weighted by atomic mass is 35.5. The van der Waals surface area contributed by atoms with E-state index < -0.39 is 21.8 Å². The van der Waals surface area contributed by atoms with Gasteiger partial charge in [-0.1, -0.05) is 36.5 Å². The van der Waals surface area contributed by atoms with Crippen LogP contribution in [0.2, 0.25) is 10.0 Å². The van der Waals surface area contributed by atoms with Crippen LogP contribution in [0.15, 0.2) is 36.4 Å². The second-order valence-corrected chi connectivity index (χ2v) is 11.3. The first-order valence-corrected chi connectivity index (χ1v) is 14.3. The fraction of sp³-hybridized carbons (Fsp3) is 0.360. The molecule has 0 saturated carbocycles. The summed E-state index contributed by atoms with van der Waals surface area (Å²) in [6.07, 6.45) is 3.52. The number of halogens is 3. The number of carbonyl (C=O) groups is 1. The van der Waals surface area contributed by atoms with E-state index in [1.54, 1.807) is 26.0 Å². The molecule has 1 saturated heterocycles. The molecule has 198 valence electrons. The number of aromatic nitrogens is 2. The Labute approximate surface area is 225 Å². The van der Waals surface area contributed by atoms with Gasteiger partial charge in [0.15, 0.2) is 11.5 Å². The lowest BCUT2D eigenvalue weighted by Crippen LogP contribution is -2.45. The standard InChI is InChI=1S/C25H27Cl2FN4O4S/c1-3-15-37(34,35)36-18-9-7-17(8-10-18)24-16(2)23(25(33)30-31-13-5-4-6-14-31)29-32(24)20-12-11-19(26)22(28)21(20)27/h7-12H,3-6,13-15H2,1-2H3,(H,30,33). The SMILES string of the molecule is CCCS(=O)(=O)Oc1ccc(-c2c(C)c(C(=O)NN3CCCCC3)nn2-c2ccc(Cl)c(F)c2Cl)cc1. The average Bonchev–Trinajstić information content (AvgIpc) is 3.20. The monoisotopic (exact) mass is 568 g/mol. The molecule has 3 aromatic rings. The van der Waals surface area contributed by atoms with Crippen LogP contribution in [-0.2, 0) is 10.1 Å². The average molecular weight is 569 g/mol. The van der Waals surface area contributed by atoms with Gasteiger partial charge in [0.05, 0.1) is 22.2 Å². The van der Waals surface area contributed by atoms with E-state index in [1.807, 2.05) is 5.01 Å². The van der Waals surface area contributed by atoms with Gasteiger partial charge in [0.2, 0.25) is 0 Å². The maximum absolute atomic E-state index is 14.6. The summed E-state index contributed by atoms with van der Waals surface area (Å²) in [5.41, 5.74) is 4.86. The van der Waals surface area contributed by atoms with Crippen molar-refractivity contribution in [2.75, 3.05) is 18.8 Å². The van der Waals surface area contributed by atoms with Crippen LogP contribution in [0.4, 0.5) is 4.39 Å². The van der Waals surface area contributed by atoms with Crippen LogP contribution < -0.4 is 9.61 Å². The molecular weight excluding hydrogens is 542 g/mol. The normalized spacial score (nSPS) is 14.5. The van der Waals surface area contributed by atoms with E-state index in [1.165, 1.54) is 28.9 Å². The van der Waals surface area contributed by atoms with Crippen molar-refractivity contribution in [1.29, 1.82) is 0 Å². The molecule has 37 heavy (non-hydrogen) atoms. The van der Waals surface area contributed by atoms with Crippen molar-refractivity contribution in [3.8, 4) is 22.7 Å². The predicted octanol–water partition coefficient (Wildman–Crippen LogP) is 5.54. The Morgan fingerprint density at radius 2 is 1.78 bits per heavy atom. The first-order chi connectivity index (χ1) is 17.6. The number of carbonyl (C=O) groups excluding carboxylic acids is 1. The van der Waals surface area contributed by atoms with E-state index >= 15 is 0 Å². The van der Waals surface area contributed by atoms with E-state index in [9.17, 15) is 17.6 Å². The molecule has 1 aliphatic heterocycles. The molecule has 0 atom stereocenters. The summed E-state index contributed by atoms with van der Waals surface area (Å²) >= 11 is 12.2. The molecule has 1 aromatic heterocycles. The number of nitrogens with one attached hydrogen (secondary N) is 1. The van der Waals surface area contributed by atoms with Crippen molar-refractivity contribution >= 4 is 39.2 Å². The predicted molar refractivity (Wildman–Crippen MR) is 141 cm³/mol. The molecule has 12 heteroatoms. The van der Waals surface area contributed by atoms with Gasteiger partial charge in [-0.2, -0.15) is 13.5 Å². The molecule has 8 nitrogen and oxygen atoms in total. The summed E-state index contributed by atoms with van der Waals surface area (Å²) in [6, 6.07) is 9.19. The third-order valence-corrected chi connectivity index (χ3v) is 8.01. The smallest absolute Gasteiger partial charge is 0.309 e. The zero-order valence-electron chi connectivity index (χ0n) is 20.4. The number of benzene rings is 2. The molecule has 4 rings (SSSR count). The van der Waals surface area contributed by atoms with Gasteiger partial charge in [-0.3, -0.25) is 10.2 Å². The highest BCUT2D eigenvalue weighted by Crippen LogP contribution is 2.35. The van der Waals surface area contributed by atoms with Gasteiger partial charge in [-0.15, -0.1) is 0 Å². The third-order valence-electron chi connectivity index (χ3n) is 6.00. The minimum atomic E-state index is -3.70. The Hall–Kier alpha value is -2.66. The zero-order chi connectivity index (χ0) is 26.7. The lowest BCUT2D eigenvalue weighted by Gasteiger charge is -2.26. The Morgan fingerprint density at radius 1 is 1.11 bits per heavy atom. The molecule has 0 aliphatic carbocycles. The van der Waals surface area contributed by atoms with Crippen molar-refractivity contribution in [2.45, 2.75) is 39.5 Å². The topological polar surface area (TPSA) is 93.5 Å². The van der Waals surface area contributed by atoms with Gasteiger partial charge in [-0.25, -0.2) is 14.1 Å². The summed E-state index contributed by atoms with van der Waals surface area (Å²) in [4.78, 5) is 13.2. The van der Waals surface area contributed by atoms with Crippen LogP contribution in [0.5, 0.6) is 5.75 Å². The fourth-order valence-electron chi connectivity index (χ4n) is 4.21. The molecule has 0 unspecified atom stereocenters. The molecular formula is C25H27Cl2FN4O4S. The van der Waals surface area contributed by atoms with Gasteiger partial charge < -0.3 is 4.18 Å². The lowest BCUT2D eigenvalue weighted by atomic mass is 10.1. The van der Waals surface area contributed by atoms with Gasteiger partial charge in [0, 0.05) is 24.2 Å². The van der Waals surface area contributed by atoms with Crippen molar-refractivity contribution in [1.82, 2.24) is 20.2 Å². The number of hydrogen-bond acceptors (Lipinski definition) is 6.